The first-order valence-corrected chi connectivity index (χ1v) is 7.41. The van der Waals surface area contributed by atoms with Gasteiger partial charge in [0.2, 0.25) is 0 Å². The van der Waals surface area contributed by atoms with Gasteiger partial charge in [-0.2, -0.15) is 0 Å². The van der Waals surface area contributed by atoms with Crippen LogP contribution in [-0.2, 0) is 6.54 Å². The lowest BCUT2D eigenvalue weighted by Crippen LogP contribution is -2.35. The fourth-order valence-corrected chi connectivity index (χ4v) is 1.87. The fourth-order valence-electron chi connectivity index (χ4n) is 1.64. The molecule has 0 aliphatic carbocycles. The van der Waals surface area contributed by atoms with E-state index in [0.29, 0.717) is 17.9 Å². The number of nitrogens with zero attached hydrogens (tertiary/aromatic N) is 2. The molecule has 0 aliphatic heterocycles. The summed E-state index contributed by atoms with van der Waals surface area (Å²) in [5.41, 5.74) is 0.496. The number of pyridine rings is 2. The highest BCUT2D eigenvalue weighted by Crippen LogP contribution is 2.20. The molecule has 2 aromatic heterocycles. The van der Waals surface area contributed by atoms with Crippen LogP contribution in [0.1, 0.15) is 26.3 Å². The number of anilines is 2. The molecule has 0 spiro atoms. The maximum absolute atomic E-state index is 14.4. The van der Waals surface area contributed by atoms with E-state index in [0.717, 1.165) is 4.47 Å². The molecule has 2 rings (SSSR count). The summed E-state index contributed by atoms with van der Waals surface area (Å²) in [4.78, 5) is 8.18. The Morgan fingerprint density at radius 3 is 2.57 bits per heavy atom. The Morgan fingerprint density at radius 1 is 1.19 bits per heavy atom. The van der Waals surface area contributed by atoms with Crippen molar-refractivity contribution in [1.82, 2.24) is 15.3 Å². The van der Waals surface area contributed by atoms with Crippen LogP contribution >= 0.6 is 15.9 Å². The minimum absolute atomic E-state index is 0.0729. The van der Waals surface area contributed by atoms with Crippen LogP contribution in [0.25, 0.3) is 0 Å². The Hall–Kier alpha value is -1.53. The average Bonchev–Trinajstić information content (AvgIpc) is 2.41. The maximum atomic E-state index is 14.4. The monoisotopic (exact) mass is 352 g/mol. The van der Waals surface area contributed by atoms with Gasteiger partial charge in [-0.3, -0.25) is 0 Å². The molecule has 2 N–H and O–H groups in total. The van der Waals surface area contributed by atoms with Gasteiger partial charge < -0.3 is 10.6 Å². The average molecular weight is 353 g/mol. The highest BCUT2D eigenvalue weighted by atomic mass is 79.9. The van der Waals surface area contributed by atoms with Gasteiger partial charge in [-0.25, -0.2) is 14.4 Å². The van der Waals surface area contributed by atoms with Crippen LogP contribution in [0.3, 0.4) is 0 Å². The van der Waals surface area contributed by atoms with E-state index in [9.17, 15) is 4.39 Å². The number of nitrogens with one attached hydrogen (secondary N) is 2. The van der Waals surface area contributed by atoms with Crippen LogP contribution in [0.15, 0.2) is 35.1 Å². The molecule has 112 valence electrons. The summed E-state index contributed by atoms with van der Waals surface area (Å²) >= 11 is 3.31. The second kappa shape index (κ2) is 6.49. The van der Waals surface area contributed by atoms with E-state index in [4.69, 9.17) is 0 Å². The molecule has 6 heteroatoms. The SMILES string of the molecule is CC(C)(C)NCc1ccnc(Nc2ccc(Br)cn2)c1F. The molecule has 0 unspecified atom stereocenters. The first-order valence-electron chi connectivity index (χ1n) is 6.62. The summed E-state index contributed by atoms with van der Waals surface area (Å²) in [5.74, 6) is 0.363. The predicted octanol–water partition coefficient (Wildman–Crippen LogP) is 4.01. The fraction of sp³-hybridized carbons (Fsp3) is 0.333. The molecular weight excluding hydrogens is 335 g/mol. The van der Waals surface area contributed by atoms with E-state index in [1.807, 2.05) is 26.8 Å². The van der Waals surface area contributed by atoms with Gasteiger partial charge in [0.25, 0.3) is 0 Å². The lowest BCUT2D eigenvalue weighted by Gasteiger charge is -2.21. The molecule has 0 bridgehead atoms. The zero-order valence-electron chi connectivity index (χ0n) is 12.2. The molecule has 0 atom stereocenters. The highest BCUT2D eigenvalue weighted by Gasteiger charge is 2.13. The van der Waals surface area contributed by atoms with E-state index in [1.54, 1.807) is 24.5 Å². The summed E-state index contributed by atoms with van der Waals surface area (Å²) in [6.07, 6.45) is 3.23. The van der Waals surface area contributed by atoms with E-state index in [-0.39, 0.29) is 17.2 Å². The molecule has 0 saturated carbocycles. The van der Waals surface area contributed by atoms with Gasteiger partial charge >= 0.3 is 0 Å². The van der Waals surface area contributed by atoms with Gasteiger partial charge in [0, 0.05) is 34.5 Å². The zero-order chi connectivity index (χ0) is 15.5. The second-order valence-corrected chi connectivity index (χ2v) is 6.64. The van der Waals surface area contributed by atoms with Crippen molar-refractivity contribution in [2.75, 3.05) is 5.32 Å². The lowest BCUT2D eigenvalue weighted by atomic mass is 10.1. The van der Waals surface area contributed by atoms with Crippen LogP contribution in [0.4, 0.5) is 16.0 Å². The van der Waals surface area contributed by atoms with Gasteiger partial charge in [0.15, 0.2) is 11.6 Å². The largest absolute Gasteiger partial charge is 0.322 e. The van der Waals surface area contributed by atoms with Crippen LogP contribution < -0.4 is 10.6 Å². The quantitative estimate of drug-likeness (QED) is 0.872. The second-order valence-electron chi connectivity index (χ2n) is 5.72. The summed E-state index contributed by atoms with van der Waals surface area (Å²) in [7, 11) is 0. The van der Waals surface area contributed by atoms with E-state index < -0.39 is 0 Å². The molecule has 0 saturated heterocycles. The van der Waals surface area contributed by atoms with E-state index >= 15 is 0 Å². The maximum Gasteiger partial charge on any atom is 0.170 e. The van der Waals surface area contributed by atoms with Crippen LogP contribution in [0.2, 0.25) is 0 Å². The van der Waals surface area contributed by atoms with Gasteiger partial charge in [0.1, 0.15) is 5.82 Å². The van der Waals surface area contributed by atoms with Crippen molar-refractivity contribution in [1.29, 1.82) is 0 Å². The Labute approximate surface area is 132 Å². The summed E-state index contributed by atoms with van der Waals surface area (Å²) in [6, 6.07) is 5.26. The topological polar surface area (TPSA) is 49.8 Å². The number of halogens is 2. The third-order valence-electron chi connectivity index (χ3n) is 2.75. The van der Waals surface area contributed by atoms with E-state index in [1.165, 1.54) is 0 Å². The van der Waals surface area contributed by atoms with Crippen molar-refractivity contribution in [2.24, 2.45) is 0 Å². The minimum Gasteiger partial charge on any atom is -0.322 e. The Bertz CT molecular complexity index is 608. The highest BCUT2D eigenvalue weighted by molar-refractivity contribution is 9.10. The smallest absolute Gasteiger partial charge is 0.170 e. The van der Waals surface area contributed by atoms with Gasteiger partial charge in [-0.15, -0.1) is 0 Å². The van der Waals surface area contributed by atoms with Crippen molar-refractivity contribution < 1.29 is 4.39 Å². The van der Waals surface area contributed by atoms with Crippen molar-refractivity contribution in [3.05, 3.63) is 46.4 Å². The van der Waals surface area contributed by atoms with E-state index in [2.05, 4.69) is 36.5 Å². The Balaban J connectivity index is 2.15. The molecule has 2 heterocycles. The zero-order valence-corrected chi connectivity index (χ0v) is 13.8. The van der Waals surface area contributed by atoms with Crippen LogP contribution in [-0.4, -0.2) is 15.5 Å². The Kier molecular flexibility index (Phi) is 4.90. The standard InChI is InChI=1S/C15H18BrFN4/c1-15(2,3)20-8-10-6-7-18-14(13(10)17)21-12-5-4-11(16)9-19-12/h4-7,9,20H,8H2,1-3H3,(H,18,19,21). The first kappa shape index (κ1) is 15.9. The predicted molar refractivity (Wildman–Crippen MR) is 86.0 cm³/mol. The lowest BCUT2D eigenvalue weighted by molar-refractivity contribution is 0.418. The third-order valence-corrected chi connectivity index (χ3v) is 3.22. The van der Waals surface area contributed by atoms with Crippen molar-refractivity contribution >= 4 is 27.6 Å². The van der Waals surface area contributed by atoms with Crippen molar-refractivity contribution in [3.8, 4) is 0 Å². The number of rotatable bonds is 4. The number of hydrogen-bond donors (Lipinski definition) is 2. The molecular formula is C15H18BrFN4. The van der Waals surface area contributed by atoms with Crippen molar-refractivity contribution in [2.45, 2.75) is 32.9 Å². The Morgan fingerprint density at radius 2 is 1.95 bits per heavy atom. The van der Waals surface area contributed by atoms with Crippen molar-refractivity contribution in [3.63, 3.8) is 0 Å². The third kappa shape index (κ3) is 4.75. The van der Waals surface area contributed by atoms with Crippen LogP contribution in [0, 0.1) is 5.82 Å². The molecule has 0 fully saturated rings. The molecule has 0 radical (unpaired) electrons. The summed E-state index contributed by atoms with van der Waals surface area (Å²) < 4.78 is 15.3. The van der Waals surface area contributed by atoms with Crippen LogP contribution in [0.5, 0.6) is 0 Å². The van der Waals surface area contributed by atoms with Gasteiger partial charge in [0.05, 0.1) is 0 Å². The summed E-state index contributed by atoms with van der Waals surface area (Å²) in [6.45, 7) is 6.56. The molecule has 0 aromatic carbocycles. The molecule has 4 nitrogen and oxygen atoms in total. The van der Waals surface area contributed by atoms with Gasteiger partial charge in [-0.05, 0) is 54.9 Å². The van der Waals surface area contributed by atoms with Gasteiger partial charge in [-0.1, -0.05) is 0 Å². The molecule has 2 aromatic rings. The first-order chi connectivity index (χ1) is 9.85. The minimum atomic E-state index is -0.362. The number of hydrogen-bond acceptors (Lipinski definition) is 4. The molecule has 21 heavy (non-hydrogen) atoms. The normalized spacial score (nSPS) is 11.5. The molecule has 0 amide bonds. The molecule has 0 aliphatic rings. The number of aromatic nitrogens is 2. The summed E-state index contributed by atoms with van der Waals surface area (Å²) in [5, 5.41) is 6.15.